The molecule has 1 N–H and O–H groups in total. The minimum absolute atomic E-state index is 0. The molecular weight excluding hydrogens is 471 g/mol. The van der Waals surface area contributed by atoms with Crippen LogP contribution in [0, 0.1) is 0 Å². The molecule has 0 spiro atoms. The highest BCUT2D eigenvalue weighted by molar-refractivity contribution is 5.89. The van der Waals surface area contributed by atoms with Gasteiger partial charge in [-0.15, -0.1) is 24.8 Å². The molecule has 0 unspecified atom stereocenters. The van der Waals surface area contributed by atoms with Crippen LogP contribution in [0.3, 0.4) is 0 Å². The number of likely N-dealkylation sites (tertiary alicyclic amines) is 1. The van der Waals surface area contributed by atoms with E-state index in [9.17, 15) is 9.90 Å². The number of ether oxygens (including phenoxy) is 4. The van der Waals surface area contributed by atoms with Crippen molar-refractivity contribution in [2.24, 2.45) is 0 Å². The Morgan fingerprint density at radius 2 is 1.76 bits per heavy atom. The number of rotatable bonds is 5. The van der Waals surface area contributed by atoms with Crippen LogP contribution in [0.1, 0.15) is 18.4 Å². The average Bonchev–Trinajstić information content (AvgIpc) is 3.41. The maximum absolute atomic E-state index is 12.4. The highest BCUT2D eigenvalue weighted by Crippen LogP contribution is 2.39. The highest BCUT2D eigenvalue weighted by Gasteiger charge is 2.38. The summed E-state index contributed by atoms with van der Waals surface area (Å²) in [6, 6.07) is 13.0. The Hall–Kier alpha value is -2.39. The van der Waals surface area contributed by atoms with Crippen molar-refractivity contribution in [1.29, 1.82) is 0 Å². The van der Waals surface area contributed by atoms with Gasteiger partial charge in [0.1, 0.15) is 11.9 Å². The van der Waals surface area contributed by atoms with Gasteiger partial charge in [0.25, 0.3) is 0 Å². The molecule has 1 amide bonds. The van der Waals surface area contributed by atoms with Crippen molar-refractivity contribution in [2.45, 2.75) is 24.5 Å². The summed E-state index contributed by atoms with van der Waals surface area (Å²) in [6.07, 6.45) is 0.681. The lowest BCUT2D eigenvalue weighted by molar-refractivity contribution is -0.0325. The lowest BCUT2D eigenvalue weighted by Gasteiger charge is -2.39. The second-order valence-corrected chi connectivity index (χ2v) is 8.21. The first-order valence-corrected chi connectivity index (χ1v) is 10.5. The molecule has 2 aromatic rings. The summed E-state index contributed by atoms with van der Waals surface area (Å²) in [6.45, 7) is 2.82. The van der Waals surface area contributed by atoms with Gasteiger partial charge in [-0.2, -0.15) is 0 Å². The number of anilines is 1. The summed E-state index contributed by atoms with van der Waals surface area (Å²) in [7, 11) is 1.61. The molecule has 2 saturated heterocycles. The molecule has 2 fully saturated rings. The SMILES string of the molecule is COc1ccc(N2C[C@H](CN3CCC(O)(c4ccc5c(c4)OCO5)CC3)OC2=O)cc1.Cl.Cl. The fraction of sp³-hybridized carbons (Fsp3) is 0.435. The van der Waals surface area contributed by atoms with Crippen LogP contribution in [0.15, 0.2) is 42.5 Å². The van der Waals surface area contributed by atoms with E-state index in [2.05, 4.69) is 4.90 Å². The molecule has 2 aromatic carbocycles. The standard InChI is InChI=1S/C23H26N2O6.2ClH/c1-28-18-5-3-17(4-6-18)25-14-19(31-22(25)26)13-24-10-8-23(27,9-11-24)16-2-7-20-21(12-16)30-15-29-20;;/h2-7,12,19,27H,8-11,13-15H2,1H3;2*1H/t19-;;/m0../s1. The molecule has 0 bridgehead atoms. The summed E-state index contributed by atoms with van der Waals surface area (Å²) in [5, 5.41) is 11.2. The predicted molar refractivity (Wildman–Crippen MR) is 127 cm³/mol. The smallest absolute Gasteiger partial charge is 0.414 e. The largest absolute Gasteiger partial charge is 0.497 e. The van der Waals surface area contributed by atoms with Crippen molar-refractivity contribution in [3.8, 4) is 17.2 Å². The Morgan fingerprint density at radius 3 is 2.45 bits per heavy atom. The van der Waals surface area contributed by atoms with Crippen molar-refractivity contribution < 1.29 is 28.8 Å². The maximum atomic E-state index is 12.4. The Bertz CT molecular complexity index is 966. The number of nitrogens with zero attached hydrogens (tertiary/aromatic N) is 2. The number of aliphatic hydroxyl groups is 1. The van der Waals surface area contributed by atoms with Gasteiger partial charge in [-0.3, -0.25) is 9.80 Å². The van der Waals surface area contributed by atoms with Crippen molar-refractivity contribution >= 4 is 36.6 Å². The van der Waals surface area contributed by atoms with Crippen LogP contribution in [0.5, 0.6) is 17.2 Å². The molecule has 3 aliphatic heterocycles. The molecule has 0 saturated carbocycles. The van der Waals surface area contributed by atoms with Crippen molar-refractivity contribution in [1.82, 2.24) is 4.90 Å². The lowest BCUT2D eigenvalue weighted by Crippen LogP contribution is -2.45. The zero-order chi connectivity index (χ0) is 21.4. The first-order valence-electron chi connectivity index (χ1n) is 10.5. The number of hydrogen-bond donors (Lipinski definition) is 1. The molecule has 5 rings (SSSR count). The molecule has 8 nitrogen and oxygen atoms in total. The zero-order valence-electron chi connectivity index (χ0n) is 18.3. The first-order chi connectivity index (χ1) is 15.0. The highest BCUT2D eigenvalue weighted by atomic mass is 35.5. The fourth-order valence-electron chi connectivity index (χ4n) is 4.46. The third-order valence-electron chi connectivity index (χ3n) is 6.31. The third-order valence-corrected chi connectivity index (χ3v) is 6.31. The van der Waals surface area contributed by atoms with E-state index in [4.69, 9.17) is 18.9 Å². The Labute approximate surface area is 205 Å². The molecule has 0 aromatic heterocycles. The lowest BCUT2D eigenvalue weighted by atomic mass is 9.84. The summed E-state index contributed by atoms with van der Waals surface area (Å²) >= 11 is 0. The molecule has 180 valence electrons. The summed E-state index contributed by atoms with van der Waals surface area (Å²) in [5.41, 5.74) is 0.761. The van der Waals surface area contributed by atoms with E-state index in [0.29, 0.717) is 37.4 Å². The number of cyclic esters (lactones) is 1. The van der Waals surface area contributed by atoms with Gasteiger partial charge in [0.2, 0.25) is 6.79 Å². The molecule has 33 heavy (non-hydrogen) atoms. The molecule has 3 aliphatic rings. The monoisotopic (exact) mass is 498 g/mol. The van der Waals surface area contributed by atoms with E-state index in [1.165, 1.54) is 0 Å². The Kier molecular flexibility index (Phi) is 7.84. The maximum Gasteiger partial charge on any atom is 0.414 e. The number of carbonyl (C=O) groups is 1. The Balaban J connectivity index is 0.00000153. The van der Waals surface area contributed by atoms with Gasteiger partial charge < -0.3 is 24.1 Å². The minimum Gasteiger partial charge on any atom is -0.497 e. The number of hydrogen-bond acceptors (Lipinski definition) is 7. The van der Waals surface area contributed by atoms with Crippen LogP contribution in [-0.2, 0) is 10.3 Å². The van der Waals surface area contributed by atoms with E-state index in [-0.39, 0.29) is 43.8 Å². The second-order valence-electron chi connectivity index (χ2n) is 8.21. The van der Waals surface area contributed by atoms with Gasteiger partial charge in [-0.05, 0) is 54.8 Å². The van der Waals surface area contributed by atoms with Gasteiger partial charge in [0, 0.05) is 25.3 Å². The van der Waals surface area contributed by atoms with Crippen molar-refractivity contribution in [3.05, 3.63) is 48.0 Å². The molecular formula is C23H28Cl2N2O6. The summed E-state index contributed by atoms with van der Waals surface area (Å²) in [5.74, 6) is 2.15. The topological polar surface area (TPSA) is 80.7 Å². The second kappa shape index (κ2) is 10.3. The molecule has 1 atom stereocenters. The number of halogens is 2. The Morgan fingerprint density at radius 1 is 1.06 bits per heavy atom. The van der Waals surface area contributed by atoms with Crippen LogP contribution in [0.2, 0.25) is 0 Å². The van der Waals surface area contributed by atoms with Gasteiger partial charge >= 0.3 is 6.09 Å². The van der Waals surface area contributed by atoms with Gasteiger partial charge in [0.15, 0.2) is 11.5 Å². The predicted octanol–water partition coefficient (Wildman–Crippen LogP) is 3.58. The number of methoxy groups -OCH3 is 1. The van der Waals surface area contributed by atoms with Gasteiger partial charge in [-0.1, -0.05) is 6.07 Å². The number of amides is 1. The van der Waals surface area contributed by atoms with Crippen LogP contribution in [0.25, 0.3) is 0 Å². The van der Waals surface area contributed by atoms with Crippen LogP contribution >= 0.6 is 24.8 Å². The molecule has 3 heterocycles. The summed E-state index contributed by atoms with van der Waals surface area (Å²) < 4.78 is 21.6. The van der Waals surface area contributed by atoms with E-state index in [1.807, 2.05) is 42.5 Å². The first kappa shape index (κ1) is 25.2. The number of piperidine rings is 1. The van der Waals surface area contributed by atoms with E-state index < -0.39 is 5.60 Å². The van der Waals surface area contributed by atoms with Crippen molar-refractivity contribution in [3.63, 3.8) is 0 Å². The fourth-order valence-corrected chi connectivity index (χ4v) is 4.46. The summed E-state index contributed by atoms with van der Waals surface area (Å²) in [4.78, 5) is 16.3. The van der Waals surface area contributed by atoms with E-state index in [0.717, 1.165) is 30.1 Å². The van der Waals surface area contributed by atoms with Crippen molar-refractivity contribution in [2.75, 3.05) is 45.0 Å². The van der Waals surface area contributed by atoms with E-state index in [1.54, 1.807) is 12.0 Å². The van der Waals surface area contributed by atoms with Gasteiger partial charge in [-0.25, -0.2) is 4.79 Å². The van der Waals surface area contributed by atoms with Crippen LogP contribution < -0.4 is 19.1 Å². The molecule has 0 radical (unpaired) electrons. The zero-order valence-corrected chi connectivity index (χ0v) is 19.9. The minimum atomic E-state index is -0.890. The van der Waals surface area contributed by atoms with Crippen LogP contribution in [0.4, 0.5) is 10.5 Å². The molecule has 0 aliphatic carbocycles. The van der Waals surface area contributed by atoms with E-state index >= 15 is 0 Å². The number of carbonyl (C=O) groups excluding carboxylic acids is 1. The van der Waals surface area contributed by atoms with Gasteiger partial charge in [0.05, 0.1) is 19.3 Å². The third kappa shape index (κ3) is 5.09. The average molecular weight is 499 g/mol. The molecule has 10 heteroatoms. The quantitative estimate of drug-likeness (QED) is 0.674. The normalized spacial score (nSPS) is 21.1. The number of fused-ring (bicyclic) bond motifs is 1. The van der Waals surface area contributed by atoms with Crippen LogP contribution in [-0.4, -0.2) is 62.3 Å². The number of benzene rings is 2.